The van der Waals surface area contributed by atoms with Crippen molar-refractivity contribution in [1.29, 1.82) is 0 Å². The highest BCUT2D eigenvalue weighted by atomic mass is 14.2. The van der Waals surface area contributed by atoms with Crippen LogP contribution in [0.3, 0.4) is 0 Å². The van der Waals surface area contributed by atoms with Gasteiger partial charge < -0.3 is 0 Å². The predicted octanol–water partition coefficient (Wildman–Crippen LogP) is 7.00. The van der Waals surface area contributed by atoms with Crippen LogP contribution in [-0.2, 0) is 0 Å². The SMILES string of the molecule is Cc1ccccc1-c1c(-c2ccccc2)cccc1-c1ccccc1. The summed E-state index contributed by atoms with van der Waals surface area (Å²) in [6, 6.07) is 36.5. The maximum atomic E-state index is 2.23. The smallest absolute Gasteiger partial charge is 0.00242 e. The molecule has 0 heteroatoms. The van der Waals surface area contributed by atoms with Gasteiger partial charge in [0.05, 0.1) is 0 Å². The highest BCUT2D eigenvalue weighted by molar-refractivity contribution is 5.95. The Morgan fingerprint density at radius 1 is 0.400 bits per heavy atom. The number of benzene rings is 4. The molecule has 0 aliphatic heterocycles. The molecule has 0 nitrogen and oxygen atoms in total. The van der Waals surface area contributed by atoms with E-state index in [-0.39, 0.29) is 0 Å². The molecular weight excluding hydrogens is 300 g/mol. The van der Waals surface area contributed by atoms with Crippen molar-refractivity contribution in [2.75, 3.05) is 0 Å². The zero-order valence-electron chi connectivity index (χ0n) is 14.3. The molecule has 0 unspecified atom stereocenters. The second kappa shape index (κ2) is 6.78. The topological polar surface area (TPSA) is 0 Å². The minimum atomic E-state index is 1.25. The van der Waals surface area contributed by atoms with Gasteiger partial charge in [0.2, 0.25) is 0 Å². The van der Waals surface area contributed by atoms with Crippen LogP contribution in [0.1, 0.15) is 5.56 Å². The summed E-state index contributed by atoms with van der Waals surface area (Å²) >= 11 is 0. The standard InChI is InChI=1S/C25H20/c1-19-11-8-9-16-22(19)25-23(20-12-4-2-5-13-20)17-10-18-24(25)21-14-6-3-7-15-21/h2-18H,1H3. The third kappa shape index (κ3) is 2.99. The largest absolute Gasteiger partial charge is 0.0622 e. The molecule has 120 valence electrons. The molecule has 0 aliphatic carbocycles. The zero-order valence-corrected chi connectivity index (χ0v) is 14.3. The van der Waals surface area contributed by atoms with Crippen LogP contribution in [0.4, 0.5) is 0 Å². The van der Waals surface area contributed by atoms with Crippen molar-refractivity contribution in [3.8, 4) is 33.4 Å². The highest BCUT2D eigenvalue weighted by Crippen LogP contribution is 2.40. The van der Waals surface area contributed by atoms with E-state index in [1.165, 1.54) is 38.9 Å². The zero-order chi connectivity index (χ0) is 17.1. The minimum Gasteiger partial charge on any atom is -0.0622 e. The van der Waals surface area contributed by atoms with Gasteiger partial charge in [0.15, 0.2) is 0 Å². The van der Waals surface area contributed by atoms with E-state index in [1.807, 2.05) is 0 Å². The second-order valence-corrected chi connectivity index (χ2v) is 6.28. The molecule has 0 aromatic heterocycles. The summed E-state index contributed by atoms with van der Waals surface area (Å²) in [7, 11) is 0. The normalized spacial score (nSPS) is 10.6. The van der Waals surface area contributed by atoms with Gasteiger partial charge in [-0.2, -0.15) is 0 Å². The predicted molar refractivity (Wildman–Crippen MR) is 107 cm³/mol. The van der Waals surface area contributed by atoms with E-state index in [0.717, 1.165) is 0 Å². The van der Waals surface area contributed by atoms with E-state index in [1.54, 1.807) is 0 Å². The van der Waals surface area contributed by atoms with Crippen molar-refractivity contribution >= 4 is 0 Å². The van der Waals surface area contributed by atoms with Gasteiger partial charge >= 0.3 is 0 Å². The molecule has 0 saturated heterocycles. The minimum absolute atomic E-state index is 1.25. The fourth-order valence-corrected chi connectivity index (χ4v) is 3.41. The van der Waals surface area contributed by atoms with Crippen molar-refractivity contribution in [3.63, 3.8) is 0 Å². The molecule has 0 radical (unpaired) electrons. The summed E-state index contributed by atoms with van der Waals surface area (Å²) < 4.78 is 0. The fourth-order valence-electron chi connectivity index (χ4n) is 3.41. The lowest BCUT2D eigenvalue weighted by Crippen LogP contribution is -1.92. The van der Waals surface area contributed by atoms with Gasteiger partial charge in [0, 0.05) is 0 Å². The molecule has 4 aromatic carbocycles. The Bertz CT molecular complexity index is 925. The first-order chi connectivity index (χ1) is 12.3. The van der Waals surface area contributed by atoms with E-state index >= 15 is 0 Å². The van der Waals surface area contributed by atoms with Gasteiger partial charge in [0.1, 0.15) is 0 Å². The molecule has 0 atom stereocenters. The Kier molecular flexibility index (Phi) is 4.18. The molecule has 0 heterocycles. The van der Waals surface area contributed by atoms with Crippen LogP contribution in [0, 0.1) is 6.92 Å². The Labute approximate surface area is 149 Å². The van der Waals surface area contributed by atoms with Gasteiger partial charge in [-0.1, -0.05) is 103 Å². The van der Waals surface area contributed by atoms with Gasteiger partial charge in [-0.25, -0.2) is 0 Å². The van der Waals surface area contributed by atoms with E-state index in [4.69, 9.17) is 0 Å². The summed E-state index contributed by atoms with van der Waals surface area (Å²) in [5.74, 6) is 0. The van der Waals surface area contributed by atoms with Crippen molar-refractivity contribution in [2.45, 2.75) is 6.92 Å². The van der Waals surface area contributed by atoms with Crippen LogP contribution < -0.4 is 0 Å². The summed E-state index contributed by atoms with van der Waals surface area (Å²) in [4.78, 5) is 0. The van der Waals surface area contributed by atoms with Crippen LogP contribution >= 0.6 is 0 Å². The molecule has 4 rings (SSSR count). The van der Waals surface area contributed by atoms with Crippen LogP contribution in [0.25, 0.3) is 33.4 Å². The molecule has 0 spiro atoms. The molecule has 0 N–H and O–H groups in total. The maximum Gasteiger partial charge on any atom is -0.00242 e. The van der Waals surface area contributed by atoms with Crippen LogP contribution in [-0.4, -0.2) is 0 Å². The van der Waals surface area contributed by atoms with Crippen molar-refractivity contribution in [3.05, 3.63) is 109 Å². The Hall–Kier alpha value is -3.12. The quantitative estimate of drug-likeness (QED) is 0.381. The summed E-state index contributed by atoms with van der Waals surface area (Å²) in [6.07, 6.45) is 0. The van der Waals surface area contributed by atoms with Gasteiger partial charge in [-0.3, -0.25) is 0 Å². The van der Waals surface area contributed by atoms with E-state index in [9.17, 15) is 0 Å². The molecular formula is C25H20. The average molecular weight is 320 g/mol. The average Bonchev–Trinajstić information content (AvgIpc) is 2.69. The first-order valence-corrected chi connectivity index (χ1v) is 8.64. The first-order valence-electron chi connectivity index (χ1n) is 8.64. The monoisotopic (exact) mass is 320 g/mol. The molecule has 0 aliphatic rings. The van der Waals surface area contributed by atoms with Gasteiger partial charge in [0.25, 0.3) is 0 Å². The van der Waals surface area contributed by atoms with Crippen LogP contribution in [0.15, 0.2) is 103 Å². The molecule has 0 saturated carbocycles. The molecule has 4 aromatic rings. The molecule has 0 bridgehead atoms. The number of aryl methyl sites for hydroxylation is 1. The molecule has 0 amide bonds. The van der Waals surface area contributed by atoms with Crippen LogP contribution in [0.2, 0.25) is 0 Å². The van der Waals surface area contributed by atoms with E-state index in [0.29, 0.717) is 0 Å². The molecule has 0 fully saturated rings. The lowest BCUT2D eigenvalue weighted by molar-refractivity contribution is 1.45. The maximum absolute atomic E-state index is 2.23. The van der Waals surface area contributed by atoms with Crippen LogP contribution in [0.5, 0.6) is 0 Å². The number of rotatable bonds is 3. The first kappa shape index (κ1) is 15.4. The Morgan fingerprint density at radius 2 is 0.840 bits per heavy atom. The summed E-state index contributed by atoms with van der Waals surface area (Å²) in [5, 5.41) is 0. The Morgan fingerprint density at radius 3 is 1.36 bits per heavy atom. The second-order valence-electron chi connectivity index (χ2n) is 6.28. The summed E-state index contributed by atoms with van der Waals surface area (Å²) in [5.41, 5.74) is 8.94. The summed E-state index contributed by atoms with van der Waals surface area (Å²) in [6.45, 7) is 2.19. The van der Waals surface area contributed by atoms with E-state index in [2.05, 4.69) is 110 Å². The third-order valence-corrected chi connectivity index (χ3v) is 4.65. The lowest BCUT2D eigenvalue weighted by Gasteiger charge is -2.17. The third-order valence-electron chi connectivity index (χ3n) is 4.65. The number of hydrogen-bond acceptors (Lipinski definition) is 0. The van der Waals surface area contributed by atoms with Crippen molar-refractivity contribution < 1.29 is 0 Å². The number of hydrogen-bond donors (Lipinski definition) is 0. The van der Waals surface area contributed by atoms with Gasteiger partial charge in [-0.05, 0) is 45.9 Å². The lowest BCUT2D eigenvalue weighted by atomic mass is 9.86. The fraction of sp³-hybridized carbons (Fsp3) is 0.0400. The van der Waals surface area contributed by atoms with Crippen molar-refractivity contribution in [1.82, 2.24) is 0 Å². The van der Waals surface area contributed by atoms with Gasteiger partial charge in [-0.15, -0.1) is 0 Å². The Balaban J connectivity index is 2.06. The highest BCUT2D eigenvalue weighted by Gasteiger charge is 2.14. The van der Waals surface area contributed by atoms with E-state index < -0.39 is 0 Å². The van der Waals surface area contributed by atoms with Crippen molar-refractivity contribution in [2.24, 2.45) is 0 Å². The molecule has 25 heavy (non-hydrogen) atoms.